The molecule has 1 fully saturated rings. The SMILES string of the molecule is CC(C)(C)C(CC(=O)N1CCSC(C(=O)O)C1)NC(=O)OCC1c2ccccc2-c2ccccc21. The number of alkyl carbamates (subject to hydrolysis) is 1. The lowest BCUT2D eigenvalue weighted by Crippen LogP contribution is -2.50. The lowest BCUT2D eigenvalue weighted by Gasteiger charge is -2.35. The van der Waals surface area contributed by atoms with Gasteiger partial charge >= 0.3 is 12.1 Å². The van der Waals surface area contributed by atoms with Crippen molar-refractivity contribution in [3.8, 4) is 11.1 Å². The largest absolute Gasteiger partial charge is 0.480 e. The van der Waals surface area contributed by atoms with Crippen molar-refractivity contribution in [1.29, 1.82) is 0 Å². The summed E-state index contributed by atoms with van der Waals surface area (Å²) in [5.74, 6) is -0.517. The van der Waals surface area contributed by atoms with E-state index < -0.39 is 28.8 Å². The molecule has 1 aliphatic carbocycles. The molecule has 2 aliphatic rings. The summed E-state index contributed by atoms with van der Waals surface area (Å²) in [4.78, 5) is 38.8. The first-order chi connectivity index (χ1) is 16.6. The summed E-state index contributed by atoms with van der Waals surface area (Å²) in [6.45, 7) is 6.77. The number of hydrogen-bond donors (Lipinski definition) is 2. The van der Waals surface area contributed by atoms with Crippen LogP contribution in [-0.2, 0) is 14.3 Å². The van der Waals surface area contributed by atoms with E-state index in [0.29, 0.717) is 12.3 Å². The van der Waals surface area contributed by atoms with Crippen LogP contribution in [0.3, 0.4) is 0 Å². The monoisotopic (exact) mass is 496 g/mol. The standard InChI is InChI=1S/C27H32N2O5S/c1-27(2,3)23(14-24(30)29-12-13-35-22(15-29)25(31)32)28-26(33)34-16-21-19-10-6-4-8-17(19)18-9-5-7-11-20(18)21/h4-11,21-23H,12-16H2,1-3H3,(H,28,33)(H,31,32). The number of carbonyl (C=O) groups is 3. The molecule has 186 valence electrons. The van der Waals surface area contributed by atoms with Gasteiger partial charge in [-0.25, -0.2) is 4.79 Å². The van der Waals surface area contributed by atoms with E-state index >= 15 is 0 Å². The Balaban J connectivity index is 1.39. The van der Waals surface area contributed by atoms with Gasteiger partial charge in [0.15, 0.2) is 0 Å². The second-order valence-corrected chi connectivity index (χ2v) is 11.4. The number of amides is 2. The number of hydrogen-bond acceptors (Lipinski definition) is 5. The highest BCUT2D eigenvalue weighted by Gasteiger charge is 2.34. The fraction of sp³-hybridized carbons (Fsp3) is 0.444. The van der Waals surface area contributed by atoms with Crippen LogP contribution in [0.15, 0.2) is 48.5 Å². The van der Waals surface area contributed by atoms with E-state index in [1.165, 1.54) is 11.8 Å². The van der Waals surface area contributed by atoms with Gasteiger partial charge in [-0.1, -0.05) is 69.3 Å². The molecule has 0 spiro atoms. The first-order valence-corrected chi connectivity index (χ1v) is 12.9. The zero-order valence-electron chi connectivity index (χ0n) is 20.3. The van der Waals surface area contributed by atoms with Crippen LogP contribution < -0.4 is 5.32 Å². The highest BCUT2D eigenvalue weighted by molar-refractivity contribution is 8.00. The van der Waals surface area contributed by atoms with Crippen molar-refractivity contribution in [2.24, 2.45) is 5.41 Å². The Morgan fingerprint density at radius 3 is 2.26 bits per heavy atom. The Morgan fingerprint density at radius 2 is 1.69 bits per heavy atom. The molecule has 35 heavy (non-hydrogen) atoms. The molecular weight excluding hydrogens is 464 g/mol. The van der Waals surface area contributed by atoms with E-state index in [1.807, 2.05) is 45.0 Å². The molecule has 1 aliphatic heterocycles. The Kier molecular flexibility index (Phi) is 7.40. The predicted molar refractivity (Wildman–Crippen MR) is 137 cm³/mol. The van der Waals surface area contributed by atoms with Gasteiger partial charge in [0.1, 0.15) is 11.9 Å². The maximum atomic E-state index is 13.0. The molecule has 0 bridgehead atoms. The van der Waals surface area contributed by atoms with Crippen LogP contribution in [0.4, 0.5) is 4.79 Å². The third kappa shape index (κ3) is 5.64. The molecule has 0 aromatic heterocycles. The highest BCUT2D eigenvalue weighted by Crippen LogP contribution is 2.44. The number of rotatable bonds is 6. The molecule has 2 aromatic carbocycles. The van der Waals surface area contributed by atoms with Crippen LogP contribution in [0.1, 0.15) is 44.2 Å². The minimum atomic E-state index is -0.906. The topological polar surface area (TPSA) is 95.9 Å². The number of nitrogens with one attached hydrogen (secondary N) is 1. The first kappa shape index (κ1) is 25.1. The van der Waals surface area contributed by atoms with E-state index in [4.69, 9.17) is 4.74 Å². The van der Waals surface area contributed by atoms with Crippen molar-refractivity contribution < 1.29 is 24.2 Å². The molecule has 8 heteroatoms. The van der Waals surface area contributed by atoms with E-state index in [9.17, 15) is 19.5 Å². The summed E-state index contributed by atoms with van der Waals surface area (Å²) >= 11 is 1.35. The first-order valence-electron chi connectivity index (χ1n) is 11.9. The number of benzene rings is 2. The third-order valence-electron chi connectivity index (χ3n) is 6.75. The highest BCUT2D eigenvalue weighted by atomic mass is 32.2. The summed E-state index contributed by atoms with van der Waals surface area (Å²) in [6, 6.07) is 15.9. The quantitative estimate of drug-likeness (QED) is 0.617. The Labute approximate surface area is 210 Å². The second kappa shape index (κ2) is 10.3. The van der Waals surface area contributed by atoms with Crippen molar-refractivity contribution in [3.63, 3.8) is 0 Å². The smallest absolute Gasteiger partial charge is 0.407 e. The third-order valence-corrected chi connectivity index (χ3v) is 7.93. The molecule has 7 nitrogen and oxygen atoms in total. The average molecular weight is 497 g/mol. The summed E-state index contributed by atoms with van der Waals surface area (Å²) in [6.07, 6.45) is -0.470. The fourth-order valence-corrected chi connectivity index (χ4v) is 5.72. The van der Waals surface area contributed by atoms with Gasteiger partial charge in [0, 0.05) is 37.2 Å². The van der Waals surface area contributed by atoms with Crippen LogP contribution in [0.5, 0.6) is 0 Å². The van der Waals surface area contributed by atoms with E-state index in [-0.39, 0.29) is 31.4 Å². The fourth-order valence-electron chi connectivity index (χ4n) is 4.68. The van der Waals surface area contributed by atoms with E-state index in [0.717, 1.165) is 22.3 Å². The van der Waals surface area contributed by atoms with Gasteiger partial charge in [-0.05, 0) is 27.7 Å². The molecule has 2 aromatic rings. The van der Waals surface area contributed by atoms with E-state index in [2.05, 4.69) is 29.6 Å². The molecule has 2 amide bonds. The molecule has 1 saturated heterocycles. The number of fused-ring (bicyclic) bond motifs is 3. The lowest BCUT2D eigenvalue weighted by atomic mass is 9.84. The van der Waals surface area contributed by atoms with Gasteiger partial charge in [-0.3, -0.25) is 9.59 Å². The number of aliphatic carboxylic acids is 1. The van der Waals surface area contributed by atoms with Crippen LogP contribution in [-0.4, -0.2) is 64.7 Å². The number of nitrogens with zero attached hydrogens (tertiary/aromatic N) is 1. The normalized spacial score (nSPS) is 18.4. The molecule has 1 heterocycles. The van der Waals surface area contributed by atoms with Crippen molar-refractivity contribution in [3.05, 3.63) is 59.7 Å². The minimum absolute atomic E-state index is 0.0401. The van der Waals surface area contributed by atoms with Gasteiger partial charge in [0.25, 0.3) is 0 Å². The molecular formula is C27H32N2O5S. The number of thioether (sulfide) groups is 1. The van der Waals surface area contributed by atoms with Crippen LogP contribution >= 0.6 is 11.8 Å². The van der Waals surface area contributed by atoms with Crippen molar-refractivity contribution in [2.75, 3.05) is 25.4 Å². The van der Waals surface area contributed by atoms with Gasteiger partial charge < -0.3 is 20.1 Å². The van der Waals surface area contributed by atoms with Crippen molar-refractivity contribution >= 4 is 29.7 Å². The van der Waals surface area contributed by atoms with Crippen molar-refractivity contribution in [2.45, 2.75) is 44.4 Å². The summed E-state index contributed by atoms with van der Waals surface area (Å²) in [5.41, 5.74) is 4.21. The molecule has 4 rings (SSSR count). The molecule has 0 radical (unpaired) electrons. The second-order valence-electron chi connectivity index (χ2n) is 10.1. The maximum Gasteiger partial charge on any atom is 0.407 e. The predicted octanol–water partition coefficient (Wildman–Crippen LogP) is 4.36. The average Bonchev–Trinajstić information content (AvgIpc) is 3.15. The van der Waals surface area contributed by atoms with Gasteiger partial charge in [0.05, 0.1) is 0 Å². The number of ether oxygens (including phenoxy) is 1. The Morgan fingerprint density at radius 1 is 1.09 bits per heavy atom. The zero-order chi connectivity index (χ0) is 25.2. The number of carboxylic acids is 1. The molecule has 2 unspecified atom stereocenters. The minimum Gasteiger partial charge on any atom is -0.480 e. The van der Waals surface area contributed by atoms with Crippen LogP contribution in [0.2, 0.25) is 0 Å². The number of carboxylic acid groups (broad SMARTS) is 1. The Bertz CT molecular complexity index is 1070. The van der Waals surface area contributed by atoms with E-state index in [1.54, 1.807) is 4.90 Å². The van der Waals surface area contributed by atoms with Gasteiger partial charge in [0.2, 0.25) is 5.91 Å². The lowest BCUT2D eigenvalue weighted by molar-refractivity contribution is -0.138. The van der Waals surface area contributed by atoms with Crippen molar-refractivity contribution in [1.82, 2.24) is 10.2 Å². The number of carbonyl (C=O) groups excluding carboxylic acids is 2. The van der Waals surface area contributed by atoms with Crippen LogP contribution in [0.25, 0.3) is 11.1 Å². The molecule has 0 saturated carbocycles. The zero-order valence-corrected chi connectivity index (χ0v) is 21.1. The summed E-state index contributed by atoms with van der Waals surface area (Å²) in [7, 11) is 0. The summed E-state index contributed by atoms with van der Waals surface area (Å²) in [5, 5.41) is 11.6. The van der Waals surface area contributed by atoms with Gasteiger partial charge in [-0.15, -0.1) is 11.8 Å². The van der Waals surface area contributed by atoms with Crippen LogP contribution in [0, 0.1) is 5.41 Å². The molecule has 2 N–H and O–H groups in total. The summed E-state index contributed by atoms with van der Waals surface area (Å²) < 4.78 is 5.68. The Hall–Kier alpha value is -3.00. The van der Waals surface area contributed by atoms with Gasteiger partial charge in [-0.2, -0.15) is 0 Å². The maximum absolute atomic E-state index is 13.0. The molecule has 2 atom stereocenters.